The van der Waals surface area contributed by atoms with Crippen LogP contribution in [0.25, 0.3) is 0 Å². The van der Waals surface area contributed by atoms with Gasteiger partial charge in [-0.2, -0.15) is 0 Å². The molecule has 2 aromatic carbocycles. The molecule has 1 fully saturated rings. The molecule has 21 heavy (non-hydrogen) atoms. The minimum atomic E-state index is 0.608. The van der Waals surface area contributed by atoms with Gasteiger partial charge in [0.15, 0.2) is 0 Å². The number of ether oxygens (including phenoxy) is 1. The maximum absolute atomic E-state index is 5.79. The van der Waals surface area contributed by atoms with Crippen molar-refractivity contribution in [3.8, 4) is 5.75 Å². The van der Waals surface area contributed by atoms with Crippen molar-refractivity contribution in [2.75, 3.05) is 6.54 Å². The van der Waals surface area contributed by atoms with E-state index in [9.17, 15) is 0 Å². The molecule has 0 bridgehead atoms. The van der Waals surface area contributed by atoms with Crippen LogP contribution in [0, 0.1) is 0 Å². The maximum atomic E-state index is 5.79. The average molecular weight is 346 g/mol. The SMILES string of the molecule is Brc1cccc(OCc2ccc(CCNC3CC3)cc2)c1. The summed E-state index contributed by atoms with van der Waals surface area (Å²) in [5.74, 6) is 0.891. The van der Waals surface area contributed by atoms with Crippen molar-refractivity contribution < 1.29 is 4.74 Å². The molecule has 0 amide bonds. The summed E-state index contributed by atoms with van der Waals surface area (Å²) in [5.41, 5.74) is 2.59. The third-order valence-corrected chi connectivity index (χ3v) is 4.14. The van der Waals surface area contributed by atoms with Crippen molar-refractivity contribution in [2.24, 2.45) is 0 Å². The van der Waals surface area contributed by atoms with Gasteiger partial charge in [-0.1, -0.05) is 46.3 Å². The zero-order valence-corrected chi connectivity index (χ0v) is 13.6. The zero-order chi connectivity index (χ0) is 14.5. The summed E-state index contributed by atoms with van der Waals surface area (Å²) in [4.78, 5) is 0. The third kappa shape index (κ3) is 4.87. The number of benzene rings is 2. The van der Waals surface area contributed by atoms with Crippen LogP contribution in [0.2, 0.25) is 0 Å². The van der Waals surface area contributed by atoms with Crippen LogP contribution in [0.3, 0.4) is 0 Å². The predicted molar refractivity (Wildman–Crippen MR) is 89.6 cm³/mol. The summed E-state index contributed by atoms with van der Waals surface area (Å²) in [6.07, 6.45) is 3.81. The highest BCUT2D eigenvalue weighted by molar-refractivity contribution is 9.10. The van der Waals surface area contributed by atoms with Gasteiger partial charge >= 0.3 is 0 Å². The van der Waals surface area contributed by atoms with E-state index in [1.54, 1.807) is 0 Å². The molecule has 0 saturated heterocycles. The molecule has 0 radical (unpaired) electrons. The first kappa shape index (κ1) is 14.6. The van der Waals surface area contributed by atoms with Crippen LogP contribution < -0.4 is 10.1 Å². The second-order valence-corrected chi connectivity index (χ2v) is 6.46. The Morgan fingerprint density at radius 3 is 2.52 bits per heavy atom. The van der Waals surface area contributed by atoms with Crippen LogP contribution in [0.15, 0.2) is 53.0 Å². The Morgan fingerprint density at radius 1 is 1.05 bits per heavy atom. The Kier molecular flexibility index (Phi) is 4.94. The van der Waals surface area contributed by atoms with Gasteiger partial charge in [0.1, 0.15) is 12.4 Å². The average Bonchev–Trinajstić information content (AvgIpc) is 3.31. The Labute approximate surface area is 134 Å². The van der Waals surface area contributed by atoms with Gasteiger partial charge in [0.25, 0.3) is 0 Å². The van der Waals surface area contributed by atoms with Gasteiger partial charge in [0.2, 0.25) is 0 Å². The molecule has 0 unspecified atom stereocenters. The van der Waals surface area contributed by atoms with Crippen molar-refractivity contribution in [1.82, 2.24) is 5.32 Å². The fraction of sp³-hybridized carbons (Fsp3) is 0.333. The summed E-state index contributed by atoms with van der Waals surface area (Å²) in [6.45, 7) is 1.69. The number of nitrogens with one attached hydrogen (secondary N) is 1. The van der Waals surface area contributed by atoms with Crippen molar-refractivity contribution in [3.63, 3.8) is 0 Å². The van der Waals surface area contributed by atoms with Crippen molar-refractivity contribution in [1.29, 1.82) is 0 Å². The van der Waals surface area contributed by atoms with E-state index in [0.29, 0.717) is 6.61 Å². The normalized spacial score (nSPS) is 14.1. The molecule has 0 spiro atoms. The van der Waals surface area contributed by atoms with Crippen molar-refractivity contribution in [2.45, 2.75) is 31.9 Å². The third-order valence-electron chi connectivity index (χ3n) is 3.65. The lowest BCUT2D eigenvalue weighted by atomic mass is 10.1. The lowest BCUT2D eigenvalue weighted by molar-refractivity contribution is 0.306. The smallest absolute Gasteiger partial charge is 0.120 e. The van der Waals surface area contributed by atoms with Crippen LogP contribution in [-0.2, 0) is 13.0 Å². The quantitative estimate of drug-likeness (QED) is 0.806. The molecule has 1 aliphatic carbocycles. The predicted octanol–water partition coefficient (Wildman–Crippen LogP) is 4.32. The molecule has 2 aromatic rings. The van der Waals surface area contributed by atoms with Gasteiger partial charge < -0.3 is 10.1 Å². The largest absolute Gasteiger partial charge is 0.489 e. The molecular weight excluding hydrogens is 326 g/mol. The zero-order valence-electron chi connectivity index (χ0n) is 12.0. The molecule has 110 valence electrons. The van der Waals surface area contributed by atoms with E-state index in [4.69, 9.17) is 4.74 Å². The first-order chi connectivity index (χ1) is 10.3. The molecule has 1 saturated carbocycles. The second-order valence-electron chi connectivity index (χ2n) is 5.54. The van der Waals surface area contributed by atoms with E-state index >= 15 is 0 Å². The number of hydrogen-bond acceptors (Lipinski definition) is 2. The van der Waals surface area contributed by atoms with E-state index in [-0.39, 0.29) is 0 Å². The summed E-state index contributed by atoms with van der Waals surface area (Å²) in [5, 5.41) is 3.54. The van der Waals surface area contributed by atoms with E-state index in [2.05, 4.69) is 45.5 Å². The van der Waals surface area contributed by atoms with Gasteiger partial charge in [0.05, 0.1) is 0 Å². The van der Waals surface area contributed by atoms with E-state index in [1.807, 2.05) is 24.3 Å². The highest BCUT2D eigenvalue weighted by atomic mass is 79.9. The number of rotatable bonds is 7. The second kappa shape index (κ2) is 7.10. The molecule has 3 heteroatoms. The highest BCUT2D eigenvalue weighted by Gasteiger charge is 2.19. The van der Waals surface area contributed by atoms with Crippen LogP contribution in [0.4, 0.5) is 0 Å². The fourth-order valence-electron chi connectivity index (χ4n) is 2.23. The molecule has 2 nitrogen and oxygen atoms in total. The number of halogens is 1. The minimum Gasteiger partial charge on any atom is -0.489 e. The topological polar surface area (TPSA) is 21.3 Å². The number of hydrogen-bond donors (Lipinski definition) is 1. The van der Waals surface area contributed by atoms with E-state index in [0.717, 1.165) is 29.2 Å². The van der Waals surface area contributed by atoms with Gasteiger partial charge in [-0.3, -0.25) is 0 Å². The molecule has 3 rings (SSSR count). The van der Waals surface area contributed by atoms with E-state index < -0.39 is 0 Å². The Morgan fingerprint density at radius 2 is 1.81 bits per heavy atom. The molecule has 1 N–H and O–H groups in total. The van der Waals surface area contributed by atoms with Gasteiger partial charge in [-0.25, -0.2) is 0 Å². The van der Waals surface area contributed by atoms with Gasteiger partial charge in [0, 0.05) is 10.5 Å². The van der Waals surface area contributed by atoms with Crippen molar-refractivity contribution in [3.05, 3.63) is 64.1 Å². The van der Waals surface area contributed by atoms with Crippen LogP contribution in [0.5, 0.6) is 5.75 Å². The Hall–Kier alpha value is -1.32. The molecule has 0 atom stereocenters. The molecular formula is C18H20BrNO. The summed E-state index contributed by atoms with van der Waals surface area (Å²) in [7, 11) is 0. The first-order valence-electron chi connectivity index (χ1n) is 7.49. The monoisotopic (exact) mass is 345 g/mol. The fourth-order valence-corrected chi connectivity index (χ4v) is 2.61. The van der Waals surface area contributed by atoms with E-state index in [1.165, 1.54) is 24.0 Å². The summed E-state index contributed by atoms with van der Waals surface area (Å²) >= 11 is 3.45. The molecule has 0 aromatic heterocycles. The van der Waals surface area contributed by atoms with Crippen LogP contribution >= 0.6 is 15.9 Å². The Balaban J connectivity index is 1.47. The minimum absolute atomic E-state index is 0.608. The molecule has 0 aliphatic heterocycles. The Bertz CT molecular complexity index is 578. The maximum Gasteiger partial charge on any atom is 0.120 e. The lowest BCUT2D eigenvalue weighted by Gasteiger charge is -2.08. The molecule has 0 heterocycles. The first-order valence-corrected chi connectivity index (χ1v) is 8.28. The lowest BCUT2D eigenvalue weighted by Crippen LogP contribution is -2.19. The van der Waals surface area contributed by atoms with Crippen LogP contribution in [-0.4, -0.2) is 12.6 Å². The van der Waals surface area contributed by atoms with Gasteiger partial charge in [-0.05, 0) is 55.1 Å². The highest BCUT2D eigenvalue weighted by Crippen LogP contribution is 2.19. The summed E-state index contributed by atoms with van der Waals surface area (Å²) < 4.78 is 6.83. The standard InChI is InChI=1S/C18H20BrNO/c19-16-2-1-3-18(12-16)21-13-15-6-4-14(5-7-15)10-11-20-17-8-9-17/h1-7,12,17,20H,8-11,13H2. The van der Waals surface area contributed by atoms with Crippen LogP contribution in [0.1, 0.15) is 24.0 Å². The van der Waals surface area contributed by atoms with Crippen molar-refractivity contribution >= 4 is 15.9 Å². The summed E-state index contributed by atoms with van der Waals surface area (Å²) in [6, 6.07) is 17.5. The molecule has 1 aliphatic rings. The van der Waals surface area contributed by atoms with Gasteiger partial charge in [-0.15, -0.1) is 0 Å².